The highest BCUT2D eigenvalue weighted by Crippen LogP contribution is 2.20. The fourth-order valence-electron chi connectivity index (χ4n) is 1.88. The molecule has 0 aliphatic carbocycles. The van der Waals surface area contributed by atoms with Crippen LogP contribution in [0.25, 0.3) is 0 Å². The highest BCUT2D eigenvalue weighted by molar-refractivity contribution is 7.99. The van der Waals surface area contributed by atoms with Gasteiger partial charge in [-0.2, -0.15) is 0 Å². The number of aromatic nitrogens is 2. The number of thioether (sulfide) groups is 1. The fourth-order valence-corrected chi connectivity index (χ4v) is 2.68. The van der Waals surface area contributed by atoms with E-state index in [0.717, 1.165) is 11.8 Å². The zero-order chi connectivity index (χ0) is 17.6. The SMILES string of the molecule is O=C(CSc1nnc(COc2ccc(Cl)cc2)o1)c1ccc(F)cc1. The van der Waals surface area contributed by atoms with E-state index in [9.17, 15) is 9.18 Å². The Morgan fingerprint density at radius 2 is 1.84 bits per heavy atom. The molecule has 0 saturated heterocycles. The van der Waals surface area contributed by atoms with E-state index in [4.69, 9.17) is 20.8 Å². The summed E-state index contributed by atoms with van der Waals surface area (Å²) in [5.41, 5.74) is 0.430. The van der Waals surface area contributed by atoms with Gasteiger partial charge in [0.15, 0.2) is 12.4 Å². The predicted molar refractivity (Wildman–Crippen MR) is 91.5 cm³/mol. The largest absolute Gasteiger partial charge is 0.484 e. The second-order valence-corrected chi connectivity index (χ2v) is 6.29. The highest BCUT2D eigenvalue weighted by Gasteiger charge is 2.12. The van der Waals surface area contributed by atoms with Crippen molar-refractivity contribution in [3.8, 4) is 5.75 Å². The minimum atomic E-state index is -0.383. The lowest BCUT2D eigenvalue weighted by Gasteiger charge is -2.02. The Kier molecular flexibility index (Phi) is 5.67. The third-order valence-electron chi connectivity index (χ3n) is 3.12. The maximum atomic E-state index is 12.9. The summed E-state index contributed by atoms with van der Waals surface area (Å²) < 4.78 is 23.8. The molecular formula is C17H12ClFN2O3S. The van der Waals surface area contributed by atoms with Gasteiger partial charge in [-0.25, -0.2) is 4.39 Å². The van der Waals surface area contributed by atoms with Crippen LogP contribution in [0.5, 0.6) is 5.75 Å². The number of carbonyl (C=O) groups is 1. The topological polar surface area (TPSA) is 65.2 Å². The van der Waals surface area contributed by atoms with Gasteiger partial charge in [-0.05, 0) is 48.5 Å². The lowest BCUT2D eigenvalue weighted by atomic mass is 10.1. The van der Waals surface area contributed by atoms with Crippen LogP contribution in [0, 0.1) is 5.82 Å². The molecule has 3 aromatic rings. The van der Waals surface area contributed by atoms with Crippen molar-refractivity contribution in [1.29, 1.82) is 0 Å². The zero-order valence-electron chi connectivity index (χ0n) is 12.8. The summed E-state index contributed by atoms with van der Waals surface area (Å²) in [5.74, 6) is 0.509. The molecule has 8 heteroatoms. The summed E-state index contributed by atoms with van der Waals surface area (Å²) in [4.78, 5) is 12.0. The van der Waals surface area contributed by atoms with Crippen LogP contribution in [-0.4, -0.2) is 21.7 Å². The lowest BCUT2D eigenvalue weighted by Crippen LogP contribution is -2.02. The van der Waals surface area contributed by atoms with Crippen LogP contribution in [0.2, 0.25) is 5.02 Å². The summed E-state index contributed by atoms with van der Waals surface area (Å²) >= 11 is 6.91. The first-order valence-electron chi connectivity index (χ1n) is 7.22. The second kappa shape index (κ2) is 8.13. The Morgan fingerprint density at radius 3 is 2.56 bits per heavy atom. The van der Waals surface area contributed by atoms with Crippen LogP contribution < -0.4 is 4.74 Å². The second-order valence-electron chi connectivity index (χ2n) is 4.92. The van der Waals surface area contributed by atoms with Crippen molar-refractivity contribution in [1.82, 2.24) is 10.2 Å². The van der Waals surface area contributed by atoms with Gasteiger partial charge in [-0.1, -0.05) is 23.4 Å². The zero-order valence-corrected chi connectivity index (χ0v) is 14.4. The standard InChI is InChI=1S/C17H12ClFN2O3S/c18-12-3-7-14(8-4-12)23-9-16-20-21-17(24-16)25-10-15(22)11-1-5-13(19)6-2-11/h1-8H,9-10H2. The van der Waals surface area contributed by atoms with Gasteiger partial charge in [0.05, 0.1) is 5.75 Å². The number of halogens is 2. The molecule has 1 heterocycles. The molecule has 0 aliphatic heterocycles. The molecule has 25 heavy (non-hydrogen) atoms. The van der Waals surface area contributed by atoms with Crippen molar-refractivity contribution in [3.05, 3.63) is 70.8 Å². The number of hydrogen-bond acceptors (Lipinski definition) is 6. The first-order valence-corrected chi connectivity index (χ1v) is 8.59. The molecule has 0 amide bonds. The monoisotopic (exact) mass is 378 g/mol. The smallest absolute Gasteiger partial charge is 0.277 e. The summed E-state index contributed by atoms with van der Waals surface area (Å²) in [6, 6.07) is 12.3. The number of benzene rings is 2. The number of ketones is 1. The van der Waals surface area contributed by atoms with Crippen LogP contribution in [0.1, 0.15) is 16.2 Å². The third kappa shape index (κ3) is 5.04. The van der Waals surface area contributed by atoms with Crippen molar-refractivity contribution in [2.24, 2.45) is 0 Å². The van der Waals surface area contributed by atoms with Crippen LogP contribution in [0.4, 0.5) is 4.39 Å². The summed E-state index contributed by atoms with van der Waals surface area (Å²) in [7, 11) is 0. The number of rotatable bonds is 7. The van der Waals surface area contributed by atoms with E-state index in [1.54, 1.807) is 24.3 Å². The Labute approximate surface area is 152 Å². The maximum absolute atomic E-state index is 12.9. The molecule has 0 unspecified atom stereocenters. The molecular weight excluding hydrogens is 367 g/mol. The summed E-state index contributed by atoms with van der Waals surface area (Å²) in [6.45, 7) is 0.112. The number of ether oxygens (including phenoxy) is 1. The molecule has 5 nitrogen and oxygen atoms in total. The summed E-state index contributed by atoms with van der Waals surface area (Å²) in [5, 5.41) is 8.61. The average Bonchev–Trinajstić information content (AvgIpc) is 3.08. The van der Waals surface area contributed by atoms with E-state index in [1.807, 2.05) is 0 Å². The van der Waals surface area contributed by atoms with E-state index in [-0.39, 0.29) is 29.2 Å². The van der Waals surface area contributed by atoms with Crippen LogP contribution in [-0.2, 0) is 6.61 Å². The van der Waals surface area contributed by atoms with Crippen molar-refractivity contribution in [2.45, 2.75) is 11.8 Å². The van der Waals surface area contributed by atoms with Crippen LogP contribution in [0.15, 0.2) is 58.2 Å². The molecule has 0 saturated carbocycles. The molecule has 1 aromatic heterocycles. The lowest BCUT2D eigenvalue weighted by molar-refractivity contribution is 0.102. The molecule has 3 rings (SSSR count). The van der Waals surface area contributed by atoms with Gasteiger partial charge in [0, 0.05) is 10.6 Å². The van der Waals surface area contributed by atoms with Crippen molar-refractivity contribution in [3.63, 3.8) is 0 Å². The van der Waals surface area contributed by atoms with E-state index >= 15 is 0 Å². The highest BCUT2D eigenvalue weighted by atomic mass is 35.5. The maximum Gasteiger partial charge on any atom is 0.277 e. The number of carbonyl (C=O) groups excluding carboxylic acids is 1. The first-order chi connectivity index (χ1) is 12.1. The Balaban J connectivity index is 1.50. The Bertz CT molecular complexity index is 853. The molecule has 0 N–H and O–H groups in total. The van der Waals surface area contributed by atoms with Gasteiger partial charge < -0.3 is 9.15 Å². The summed E-state index contributed by atoms with van der Waals surface area (Å²) in [6.07, 6.45) is 0. The van der Waals surface area contributed by atoms with E-state index < -0.39 is 0 Å². The minimum Gasteiger partial charge on any atom is -0.484 e. The minimum absolute atomic E-state index is 0.112. The molecule has 0 fully saturated rings. The van der Waals surface area contributed by atoms with Crippen molar-refractivity contribution >= 4 is 29.1 Å². The number of Topliss-reactive ketones (excluding diaryl/α,β-unsaturated/α-hetero) is 1. The van der Waals surface area contributed by atoms with Gasteiger partial charge in [0.1, 0.15) is 11.6 Å². The van der Waals surface area contributed by atoms with Crippen LogP contribution >= 0.6 is 23.4 Å². The molecule has 0 aliphatic rings. The molecule has 0 spiro atoms. The number of hydrogen-bond donors (Lipinski definition) is 0. The third-order valence-corrected chi connectivity index (χ3v) is 4.19. The quantitative estimate of drug-likeness (QED) is 0.448. The predicted octanol–water partition coefficient (Wildman–Crippen LogP) is 4.42. The van der Waals surface area contributed by atoms with Crippen molar-refractivity contribution in [2.75, 3.05) is 5.75 Å². The Hall–Kier alpha value is -2.38. The van der Waals surface area contributed by atoms with Gasteiger partial charge >= 0.3 is 0 Å². The van der Waals surface area contributed by atoms with Gasteiger partial charge in [-0.3, -0.25) is 4.79 Å². The van der Waals surface area contributed by atoms with Gasteiger partial charge in [-0.15, -0.1) is 10.2 Å². The molecule has 2 aromatic carbocycles. The van der Waals surface area contributed by atoms with Crippen molar-refractivity contribution < 1.29 is 18.3 Å². The van der Waals surface area contributed by atoms with Gasteiger partial charge in [0.2, 0.25) is 0 Å². The number of nitrogens with zero attached hydrogens (tertiary/aromatic N) is 2. The fraction of sp³-hybridized carbons (Fsp3) is 0.118. The average molecular weight is 379 g/mol. The van der Waals surface area contributed by atoms with Crippen LogP contribution in [0.3, 0.4) is 0 Å². The molecule has 0 radical (unpaired) electrons. The van der Waals surface area contributed by atoms with Gasteiger partial charge in [0.25, 0.3) is 11.1 Å². The molecule has 0 atom stereocenters. The normalized spacial score (nSPS) is 10.6. The molecule has 128 valence electrons. The van der Waals surface area contributed by atoms with E-state index in [2.05, 4.69) is 10.2 Å². The molecule has 0 bridgehead atoms. The first kappa shape index (κ1) is 17.4. The Morgan fingerprint density at radius 1 is 1.12 bits per heavy atom. The van der Waals surface area contributed by atoms with E-state index in [0.29, 0.717) is 22.2 Å². The van der Waals surface area contributed by atoms with E-state index in [1.165, 1.54) is 24.3 Å².